The summed E-state index contributed by atoms with van der Waals surface area (Å²) < 4.78 is 0. The maximum Gasteiger partial charge on any atom is 0.226 e. The molecule has 0 saturated heterocycles. The Morgan fingerprint density at radius 3 is 2.18 bits per heavy atom. The first-order valence-corrected chi connectivity index (χ1v) is 5.82. The Bertz CT molecular complexity index is 456. The van der Waals surface area contributed by atoms with Crippen LogP contribution in [0.5, 0.6) is 0 Å². The van der Waals surface area contributed by atoms with Crippen molar-refractivity contribution in [2.75, 3.05) is 22.9 Å². The van der Waals surface area contributed by atoms with Crippen LogP contribution in [0.2, 0.25) is 0 Å². The summed E-state index contributed by atoms with van der Waals surface area (Å²) >= 11 is 0. The molecule has 4 heteroatoms. The molecule has 2 amide bonds. The van der Waals surface area contributed by atoms with Crippen molar-refractivity contribution < 1.29 is 9.59 Å². The molecule has 4 nitrogen and oxygen atoms in total. The monoisotopic (exact) mass is 232 g/mol. The van der Waals surface area contributed by atoms with Crippen LogP contribution in [0, 0.1) is 0 Å². The third kappa shape index (κ3) is 2.02. The van der Waals surface area contributed by atoms with Crippen molar-refractivity contribution in [1.29, 1.82) is 0 Å². The smallest absolute Gasteiger partial charge is 0.226 e. The van der Waals surface area contributed by atoms with Crippen LogP contribution >= 0.6 is 0 Å². The molecule has 0 N–H and O–H groups in total. The highest BCUT2D eigenvalue weighted by atomic mass is 16.2. The van der Waals surface area contributed by atoms with Crippen LogP contribution < -0.4 is 9.80 Å². The second-order valence-corrected chi connectivity index (χ2v) is 4.06. The zero-order valence-corrected chi connectivity index (χ0v) is 10.1. The third-order valence-electron chi connectivity index (χ3n) is 2.99. The van der Waals surface area contributed by atoms with E-state index in [1.807, 2.05) is 31.2 Å². The summed E-state index contributed by atoms with van der Waals surface area (Å²) in [6.45, 7) is 4.54. The van der Waals surface area contributed by atoms with Gasteiger partial charge in [0, 0.05) is 26.4 Å². The van der Waals surface area contributed by atoms with Gasteiger partial charge in [-0.25, -0.2) is 0 Å². The highest BCUT2D eigenvalue weighted by Crippen LogP contribution is 2.33. The van der Waals surface area contributed by atoms with E-state index in [1.54, 1.807) is 16.7 Å². The van der Waals surface area contributed by atoms with Crippen molar-refractivity contribution >= 4 is 23.2 Å². The van der Waals surface area contributed by atoms with Gasteiger partial charge in [-0.2, -0.15) is 0 Å². The summed E-state index contributed by atoms with van der Waals surface area (Å²) in [5.74, 6) is 0.113. The fourth-order valence-corrected chi connectivity index (χ4v) is 2.14. The fourth-order valence-electron chi connectivity index (χ4n) is 2.14. The van der Waals surface area contributed by atoms with Crippen LogP contribution in [0.3, 0.4) is 0 Å². The predicted molar refractivity (Wildman–Crippen MR) is 67.1 cm³/mol. The third-order valence-corrected chi connectivity index (χ3v) is 2.99. The lowest BCUT2D eigenvalue weighted by molar-refractivity contribution is -0.119. The number of rotatable bonds is 1. The Kier molecular flexibility index (Phi) is 3.13. The number of hydrogen-bond acceptors (Lipinski definition) is 2. The number of nitrogens with zero attached hydrogens (tertiary/aromatic N) is 2. The lowest BCUT2D eigenvalue weighted by Gasteiger charge is -2.36. The summed E-state index contributed by atoms with van der Waals surface area (Å²) in [6, 6.07) is 7.54. The number of carbonyl (C=O) groups excluding carboxylic acids is 2. The minimum absolute atomic E-state index is 0.0149. The van der Waals surface area contributed by atoms with E-state index in [9.17, 15) is 9.59 Å². The number of hydrogen-bond donors (Lipinski definition) is 0. The second kappa shape index (κ2) is 4.57. The molecule has 1 heterocycles. The Hall–Kier alpha value is -1.84. The van der Waals surface area contributed by atoms with Crippen LogP contribution in [0.15, 0.2) is 24.3 Å². The molecule has 0 bridgehead atoms. The van der Waals surface area contributed by atoms with E-state index in [0.717, 1.165) is 11.4 Å². The van der Waals surface area contributed by atoms with Crippen molar-refractivity contribution in [3.05, 3.63) is 24.3 Å². The van der Waals surface area contributed by atoms with Crippen LogP contribution in [-0.4, -0.2) is 24.9 Å². The second-order valence-electron chi connectivity index (χ2n) is 4.06. The van der Waals surface area contributed by atoms with Gasteiger partial charge in [-0.05, 0) is 12.1 Å². The summed E-state index contributed by atoms with van der Waals surface area (Å²) in [5, 5.41) is 0. The van der Waals surface area contributed by atoms with Gasteiger partial charge in [0.1, 0.15) is 0 Å². The molecule has 0 aromatic heterocycles. The summed E-state index contributed by atoms with van der Waals surface area (Å²) in [4.78, 5) is 26.8. The van der Waals surface area contributed by atoms with Crippen molar-refractivity contribution in [1.82, 2.24) is 0 Å². The normalized spacial score (nSPS) is 14.5. The van der Waals surface area contributed by atoms with Crippen LogP contribution in [0.4, 0.5) is 11.4 Å². The van der Waals surface area contributed by atoms with Gasteiger partial charge in [-0.3, -0.25) is 9.59 Å². The van der Waals surface area contributed by atoms with Gasteiger partial charge < -0.3 is 9.80 Å². The molecular formula is C13H16N2O2. The first kappa shape index (κ1) is 11.6. The molecular weight excluding hydrogens is 216 g/mol. The Balaban J connectivity index is 2.43. The van der Waals surface area contributed by atoms with Gasteiger partial charge in [-0.15, -0.1) is 0 Å². The largest absolute Gasteiger partial charge is 0.309 e. The number of benzene rings is 1. The van der Waals surface area contributed by atoms with Gasteiger partial charge in [-0.1, -0.05) is 19.1 Å². The van der Waals surface area contributed by atoms with E-state index >= 15 is 0 Å². The van der Waals surface area contributed by atoms with Crippen LogP contribution in [0.25, 0.3) is 0 Å². The average molecular weight is 232 g/mol. The van der Waals surface area contributed by atoms with Gasteiger partial charge in [0.25, 0.3) is 0 Å². The van der Waals surface area contributed by atoms with E-state index < -0.39 is 0 Å². The summed E-state index contributed by atoms with van der Waals surface area (Å²) in [6.07, 6.45) is 0.481. The molecule has 17 heavy (non-hydrogen) atoms. The van der Waals surface area contributed by atoms with E-state index in [-0.39, 0.29) is 11.8 Å². The first-order valence-electron chi connectivity index (χ1n) is 5.82. The molecule has 1 aliphatic heterocycles. The summed E-state index contributed by atoms with van der Waals surface area (Å²) in [5.41, 5.74) is 1.66. The van der Waals surface area contributed by atoms with Crippen molar-refractivity contribution in [2.24, 2.45) is 0 Å². The average Bonchev–Trinajstić information content (AvgIpc) is 2.36. The zero-order valence-electron chi connectivity index (χ0n) is 10.1. The number of carbonyl (C=O) groups is 2. The van der Waals surface area contributed by atoms with Crippen molar-refractivity contribution in [3.8, 4) is 0 Å². The molecule has 0 fully saturated rings. The van der Waals surface area contributed by atoms with E-state index in [2.05, 4.69) is 0 Å². The first-order chi connectivity index (χ1) is 8.15. The molecule has 0 atom stereocenters. The number of para-hydroxylation sites is 2. The van der Waals surface area contributed by atoms with Crippen molar-refractivity contribution in [2.45, 2.75) is 20.3 Å². The fraction of sp³-hybridized carbons (Fsp3) is 0.385. The lowest BCUT2D eigenvalue weighted by atomic mass is 10.1. The quantitative estimate of drug-likeness (QED) is 0.740. The number of fused-ring (bicyclic) bond motifs is 1. The maximum atomic E-state index is 11.8. The minimum Gasteiger partial charge on any atom is -0.309 e. The Morgan fingerprint density at radius 2 is 1.65 bits per heavy atom. The molecule has 0 radical (unpaired) electrons. The van der Waals surface area contributed by atoms with Gasteiger partial charge in [0.05, 0.1) is 11.4 Å². The van der Waals surface area contributed by atoms with Gasteiger partial charge in [0.2, 0.25) is 11.8 Å². The van der Waals surface area contributed by atoms with Crippen molar-refractivity contribution in [3.63, 3.8) is 0 Å². The number of amides is 2. The van der Waals surface area contributed by atoms with Crippen LogP contribution in [-0.2, 0) is 9.59 Å². The number of anilines is 2. The molecule has 1 aromatic carbocycles. The van der Waals surface area contributed by atoms with E-state index in [1.165, 1.54) is 0 Å². The zero-order chi connectivity index (χ0) is 12.4. The van der Waals surface area contributed by atoms with Crippen LogP contribution in [0.1, 0.15) is 20.3 Å². The molecule has 1 aliphatic rings. The topological polar surface area (TPSA) is 40.6 Å². The Labute approximate surface area is 101 Å². The lowest BCUT2D eigenvalue weighted by Crippen LogP contribution is -2.45. The molecule has 0 saturated carbocycles. The maximum absolute atomic E-state index is 11.8. The van der Waals surface area contributed by atoms with E-state index in [4.69, 9.17) is 0 Å². The Morgan fingerprint density at radius 1 is 1.12 bits per heavy atom. The SMILES string of the molecule is CCC(=O)N1CCN(C(C)=O)c2ccccc21. The standard InChI is InChI=1S/C13H16N2O2/c1-3-13(17)15-9-8-14(10(2)16)11-6-4-5-7-12(11)15/h4-7H,3,8-9H2,1-2H3. The minimum atomic E-state index is 0.0149. The molecule has 0 aliphatic carbocycles. The predicted octanol–water partition coefficient (Wildman–Crippen LogP) is 1.80. The molecule has 0 unspecified atom stereocenters. The van der Waals surface area contributed by atoms with Gasteiger partial charge in [0.15, 0.2) is 0 Å². The highest BCUT2D eigenvalue weighted by Gasteiger charge is 2.27. The van der Waals surface area contributed by atoms with E-state index in [0.29, 0.717) is 19.5 Å². The molecule has 2 rings (SSSR count). The molecule has 0 spiro atoms. The van der Waals surface area contributed by atoms with Gasteiger partial charge >= 0.3 is 0 Å². The molecule has 1 aromatic rings. The summed E-state index contributed by atoms with van der Waals surface area (Å²) in [7, 11) is 0. The molecule has 90 valence electrons. The highest BCUT2D eigenvalue weighted by molar-refractivity contribution is 6.03.